The van der Waals surface area contributed by atoms with E-state index in [0.29, 0.717) is 18.5 Å². The number of hydrogen-bond acceptors (Lipinski definition) is 7. The SMILES string of the molecule is CN(C)c1cc(N2CCC[C@@](O)(CNC(=O)c3cccnc3)C2)ncn1. The van der Waals surface area contributed by atoms with Gasteiger partial charge in [-0.1, -0.05) is 0 Å². The minimum atomic E-state index is -1.00. The molecule has 2 aromatic heterocycles. The normalized spacial score (nSPS) is 19.9. The molecule has 2 N–H and O–H groups in total. The van der Waals surface area contributed by atoms with E-state index >= 15 is 0 Å². The number of β-amino-alcohol motifs (C(OH)–C–C–N with tert-alkyl or cyclic N) is 1. The standard InChI is InChI=1S/C18H24N6O2/c1-23(2)15-9-16(22-13-21-15)24-8-4-6-18(26,12-24)11-20-17(25)14-5-3-7-19-10-14/h3,5,7,9-10,13,26H,4,6,8,11-12H2,1-2H3,(H,20,25)/t18-/m1/s1. The molecular formula is C18H24N6O2. The number of amides is 1. The second-order valence-electron chi connectivity index (χ2n) is 6.80. The fraction of sp³-hybridized carbons (Fsp3) is 0.444. The Morgan fingerprint density at radius 3 is 3.00 bits per heavy atom. The minimum absolute atomic E-state index is 0.183. The second kappa shape index (κ2) is 7.65. The molecule has 0 radical (unpaired) electrons. The van der Waals surface area contributed by atoms with E-state index in [0.717, 1.165) is 24.6 Å². The zero-order chi connectivity index (χ0) is 18.6. The highest BCUT2D eigenvalue weighted by Crippen LogP contribution is 2.25. The molecule has 8 heteroatoms. The van der Waals surface area contributed by atoms with Crippen LogP contribution in [0.5, 0.6) is 0 Å². The molecule has 0 aromatic carbocycles. The number of pyridine rings is 1. The molecule has 0 saturated carbocycles. The van der Waals surface area contributed by atoms with Crippen LogP contribution in [-0.2, 0) is 0 Å². The third-order valence-corrected chi connectivity index (χ3v) is 4.48. The smallest absolute Gasteiger partial charge is 0.252 e. The maximum atomic E-state index is 12.2. The van der Waals surface area contributed by atoms with E-state index in [-0.39, 0.29) is 12.5 Å². The molecule has 26 heavy (non-hydrogen) atoms. The number of hydrogen-bond donors (Lipinski definition) is 2. The van der Waals surface area contributed by atoms with Gasteiger partial charge in [0.2, 0.25) is 0 Å². The third kappa shape index (κ3) is 4.26. The van der Waals surface area contributed by atoms with Crippen LogP contribution in [0, 0.1) is 0 Å². The van der Waals surface area contributed by atoms with Crippen molar-refractivity contribution in [3.05, 3.63) is 42.5 Å². The summed E-state index contributed by atoms with van der Waals surface area (Å²) < 4.78 is 0. The van der Waals surface area contributed by atoms with E-state index in [1.54, 1.807) is 18.3 Å². The largest absolute Gasteiger partial charge is 0.386 e. The Labute approximate surface area is 152 Å². The van der Waals surface area contributed by atoms with E-state index in [1.165, 1.54) is 12.5 Å². The maximum absolute atomic E-state index is 12.2. The zero-order valence-corrected chi connectivity index (χ0v) is 15.1. The summed E-state index contributed by atoms with van der Waals surface area (Å²) in [5.74, 6) is 1.36. The Hall–Kier alpha value is -2.74. The first-order valence-corrected chi connectivity index (χ1v) is 8.62. The van der Waals surface area contributed by atoms with Gasteiger partial charge in [0.25, 0.3) is 5.91 Å². The van der Waals surface area contributed by atoms with E-state index in [2.05, 4.69) is 20.3 Å². The summed E-state index contributed by atoms with van der Waals surface area (Å²) >= 11 is 0. The van der Waals surface area contributed by atoms with Crippen LogP contribution in [0.4, 0.5) is 11.6 Å². The molecule has 0 unspecified atom stereocenters. The fourth-order valence-electron chi connectivity index (χ4n) is 3.05. The van der Waals surface area contributed by atoms with E-state index in [9.17, 15) is 9.90 Å². The van der Waals surface area contributed by atoms with Crippen LogP contribution in [0.15, 0.2) is 36.9 Å². The van der Waals surface area contributed by atoms with Crippen molar-refractivity contribution in [1.29, 1.82) is 0 Å². The van der Waals surface area contributed by atoms with Crippen molar-refractivity contribution in [2.75, 3.05) is 43.5 Å². The summed E-state index contributed by atoms with van der Waals surface area (Å²) in [6, 6.07) is 5.31. The van der Waals surface area contributed by atoms with Crippen LogP contribution >= 0.6 is 0 Å². The number of carbonyl (C=O) groups excluding carboxylic acids is 1. The van der Waals surface area contributed by atoms with Crippen molar-refractivity contribution < 1.29 is 9.90 Å². The van der Waals surface area contributed by atoms with Gasteiger partial charge in [-0.05, 0) is 25.0 Å². The number of anilines is 2. The fourth-order valence-corrected chi connectivity index (χ4v) is 3.05. The molecule has 1 aliphatic heterocycles. The molecule has 0 bridgehead atoms. The maximum Gasteiger partial charge on any atom is 0.252 e. The third-order valence-electron chi connectivity index (χ3n) is 4.48. The molecule has 0 spiro atoms. The predicted molar refractivity (Wildman–Crippen MR) is 99.3 cm³/mol. The van der Waals surface area contributed by atoms with E-state index in [4.69, 9.17) is 0 Å². The van der Waals surface area contributed by atoms with Crippen molar-refractivity contribution >= 4 is 17.5 Å². The van der Waals surface area contributed by atoms with Gasteiger partial charge < -0.3 is 20.2 Å². The number of aliphatic hydroxyl groups is 1. The number of nitrogens with one attached hydrogen (secondary N) is 1. The molecule has 3 heterocycles. The lowest BCUT2D eigenvalue weighted by molar-refractivity contribution is 0.0254. The Kier molecular flexibility index (Phi) is 5.32. The molecule has 138 valence electrons. The summed E-state index contributed by atoms with van der Waals surface area (Å²) in [5, 5.41) is 13.8. The highest BCUT2D eigenvalue weighted by molar-refractivity contribution is 5.93. The topological polar surface area (TPSA) is 94.5 Å². The Morgan fingerprint density at radius 1 is 1.42 bits per heavy atom. The summed E-state index contributed by atoms with van der Waals surface area (Å²) in [6.07, 6.45) is 6.11. The van der Waals surface area contributed by atoms with Crippen molar-refractivity contribution in [2.45, 2.75) is 18.4 Å². The highest BCUT2D eigenvalue weighted by Gasteiger charge is 2.34. The van der Waals surface area contributed by atoms with Crippen molar-refractivity contribution in [3.63, 3.8) is 0 Å². The molecule has 1 amide bonds. The van der Waals surface area contributed by atoms with Gasteiger partial charge in [0.15, 0.2) is 0 Å². The summed E-state index contributed by atoms with van der Waals surface area (Å²) in [5.41, 5.74) is -0.519. The van der Waals surface area contributed by atoms with Crippen molar-refractivity contribution in [1.82, 2.24) is 20.3 Å². The van der Waals surface area contributed by atoms with Gasteiger partial charge in [-0.3, -0.25) is 9.78 Å². The Morgan fingerprint density at radius 2 is 2.27 bits per heavy atom. The second-order valence-corrected chi connectivity index (χ2v) is 6.80. The van der Waals surface area contributed by atoms with Crippen LogP contribution in [0.2, 0.25) is 0 Å². The predicted octanol–water partition coefficient (Wildman–Crippen LogP) is 0.699. The number of rotatable bonds is 5. The van der Waals surface area contributed by atoms with Crippen LogP contribution < -0.4 is 15.1 Å². The number of nitrogens with zero attached hydrogens (tertiary/aromatic N) is 5. The molecule has 1 aliphatic rings. The summed E-state index contributed by atoms with van der Waals surface area (Å²) in [7, 11) is 3.85. The molecule has 3 rings (SSSR count). The average molecular weight is 356 g/mol. The molecule has 1 fully saturated rings. The number of piperidine rings is 1. The molecule has 1 atom stereocenters. The summed E-state index contributed by atoms with van der Waals surface area (Å²) in [4.78, 5) is 28.7. The van der Waals surface area contributed by atoms with Crippen LogP contribution in [0.3, 0.4) is 0 Å². The van der Waals surface area contributed by atoms with Crippen LogP contribution in [0.1, 0.15) is 23.2 Å². The summed E-state index contributed by atoms with van der Waals surface area (Å²) in [6.45, 7) is 1.40. The van der Waals surface area contributed by atoms with Gasteiger partial charge in [0.05, 0.1) is 11.2 Å². The molecular weight excluding hydrogens is 332 g/mol. The number of carbonyl (C=O) groups is 1. The quantitative estimate of drug-likeness (QED) is 0.814. The minimum Gasteiger partial charge on any atom is -0.386 e. The van der Waals surface area contributed by atoms with Gasteiger partial charge >= 0.3 is 0 Å². The van der Waals surface area contributed by atoms with Gasteiger partial charge in [-0.2, -0.15) is 0 Å². The Bertz CT molecular complexity index is 754. The van der Waals surface area contributed by atoms with Gasteiger partial charge in [0.1, 0.15) is 18.0 Å². The van der Waals surface area contributed by atoms with Gasteiger partial charge in [-0.25, -0.2) is 9.97 Å². The monoisotopic (exact) mass is 356 g/mol. The Balaban J connectivity index is 1.65. The average Bonchev–Trinajstić information content (AvgIpc) is 2.67. The van der Waals surface area contributed by atoms with Crippen LogP contribution in [0.25, 0.3) is 0 Å². The lowest BCUT2D eigenvalue weighted by Crippen LogP contribution is -2.54. The molecule has 2 aromatic rings. The van der Waals surface area contributed by atoms with Gasteiger partial charge in [0, 0.05) is 52.2 Å². The zero-order valence-electron chi connectivity index (χ0n) is 15.1. The lowest BCUT2D eigenvalue weighted by Gasteiger charge is -2.40. The molecule has 0 aliphatic carbocycles. The molecule has 8 nitrogen and oxygen atoms in total. The lowest BCUT2D eigenvalue weighted by atomic mass is 9.92. The molecule has 1 saturated heterocycles. The van der Waals surface area contributed by atoms with Crippen molar-refractivity contribution in [2.24, 2.45) is 0 Å². The van der Waals surface area contributed by atoms with E-state index < -0.39 is 5.60 Å². The van der Waals surface area contributed by atoms with E-state index in [1.807, 2.05) is 30.0 Å². The first kappa shape index (κ1) is 18.1. The van der Waals surface area contributed by atoms with Crippen LogP contribution in [-0.4, -0.2) is 65.3 Å². The van der Waals surface area contributed by atoms with Crippen molar-refractivity contribution in [3.8, 4) is 0 Å². The first-order valence-electron chi connectivity index (χ1n) is 8.62. The van der Waals surface area contributed by atoms with Gasteiger partial charge in [-0.15, -0.1) is 0 Å². The first-order chi connectivity index (χ1) is 12.5. The highest BCUT2D eigenvalue weighted by atomic mass is 16.3. The number of aromatic nitrogens is 3.